The molecule has 0 radical (unpaired) electrons. The summed E-state index contributed by atoms with van der Waals surface area (Å²) in [6, 6.07) is 12.8. The Morgan fingerprint density at radius 1 is 1.18 bits per heavy atom. The summed E-state index contributed by atoms with van der Waals surface area (Å²) in [7, 11) is 0. The Labute approximate surface area is 162 Å². The molecule has 8 nitrogen and oxygen atoms in total. The quantitative estimate of drug-likeness (QED) is 0.727. The molecule has 2 aromatic heterocycles. The average Bonchev–Trinajstić information content (AvgIpc) is 2.69. The van der Waals surface area contributed by atoms with Crippen LogP contribution in [0.25, 0.3) is 0 Å². The van der Waals surface area contributed by atoms with Gasteiger partial charge in [0.05, 0.1) is 6.61 Å². The number of hydrogen-bond acceptors (Lipinski definition) is 7. The van der Waals surface area contributed by atoms with Gasteiger partial charge in [0.2, 0.25) is 11.9 Å². The number of ether oxygens (including phenoxy) is 1. The topological polar surface area (TPSA) is 93.4 Å². The molecule has 0 unspecified atom stereocenters. The van der Waals surface area contributed by atoms with E-state index >= 15 is 0 Å². The summed E-state index contributed by atoms with van der Waals surface area (Å²) in [5.41, 5.74) is 2.16. The van der Waals surface area contributed by atoms with E-state index in [2.05, 4.69) is 20.6 Å². The maximum absolute atomic E-state index is 12.6. The highest BCUT2D eigenvalue weighted by Crippen LogP contribution is 2.25. The Morgan fingerprint density at radius 2 is 1.93 bits per heavy atom. The van der Waals surface area contributed by atoms with Gasteiger partial charge in [0, 0.05) is 35.4 Å². The van der Waals surface area contributed by atoms with E-state index in [4.69, 9.17) is 9.73 Å². The molecule has 2 N–H and O–H groups in total. The first-order valence-electron chi connectivity index (χ1n) is 8.99. The monoisotopic (exact) mass is 376 g/mol. The van der Waals surface area contributed by atoms with E-state index in [1.54, 1.807) is 19.3 Å². The molecule has 1 atom stereocenters. The number of nitrogens with zero attached hydrogens (tertiary/aromatic N) is 4. The summed E-state index contributed by atoms with van der Waals surface area (Å²) in [5.74, 6) is 1.74. The third-order valence-corrected chi connectivity index (χ3v) is 4.24. The third-order valence-electron chi connectivity index (χ3n) is 4.24. The van der Waals surface area contributed by atoms with Crippen LogP contribution in [0.3, 0.4) is 0 Å². The minimum atomic E-state index is -0.537. The first kappa shape index (κ1) is 17.7. The zero-order valence-corrected chi connectivity index (χ0v) is 15.6. The fraction of sp³-hybridized carbons (Fsp3) is 0.200. The highest BCUT2D eigenvalue weighted by atomic mass is 16.5. The van der Waals surface area contributed by atoms with Crippen molar-refractivity contribution in [2.75, 3.05) is 17.2 Å². The highest BCUT2D eigenvalue weighted by Gasteiger charge is 2.25. The molecule has 0 aliphatic carbocycles. The SMILES string of the molecule is CCOc1ccc(NC2=N[C@H](c3ccncc3)n3c(nc(C)cc3=O)N2)cc1. The molecule has 0 fully saturated rings. The van der Waals surface area contributed by atoms with Crippen molar-refractivity contribution in [1.29, 1.82) is 0 Å². The lowest BCUT2D eigenvalue weighted by molar-refractivity contribution is 0.340. The van der Waals surface area contributed by atoms with Crippen LogP contribution in [0.2, 0.25) is 0 Å². The van der Waals surface area contributed by atoms with Crippen LogP contribution in [-0.4, -0.2) is 27.1 Å². The van der Waals surface area contributed by atoms with E-state index in [1.165, 1.54) is 10.6 Å². The van der Waals surface area contributed by atoms with Crippen LogP contribution >= 0.6 is 0 Å². The molecule has 8 heteroatoms. The molecule has 1 aliphatic heterocycles. The van der Waals surface area contributed by atoms with Crippen LogP contribution in [0.15, 0.2) is 64.6 Å². The normalized spacial score (nSPS) is 15.2. The molecule has 0 saturated carbocycles. The van der Waals surface area contributed by atoms with Gasteiger partial charge in [-0.05, 0) is 50.2 Å². The van der Waals surface area contributed by atoms with Crippen molar-refractivity contribution in [3.63, 3.8) is 0 Å². The number of aromatic nitrogens is 3. The Hall–Kier alpha value is -3.68. The number of hydrogen-bond donors (Lipinski definition) is 2. The van der Waals surface area contributed by atoms with Crippen LogP contribution < -0.4 is 20.9 Å². The van der Waals surface area contributed by atoms with E-state index < -0.39 is 6.17 Å². The van der Waals surface area contributed by atoms with Crippen molar-refractivity contribution in [1.82, 2.24) is 14.5 Å². The standard InChI is InChI=1S/C20H20N6O2/c1-3-28-16-6-4-15(5-7-16)23-19-24-18(14-8-10-21-11-9-14)26-17(27)12-13(2)22-20(26)25-19/h4-12,18H,3H2,1-2H3,(H2,22,23,24,25)/t18-/m0/s1. The highest BCUT2D eigenvalue weighted by molar-refractivity contribution is 6.03. The molecule has 1 aliphatic rings. The number of fused-ring (bicyclic) bond motifs is 1. The van der Waals surface area contributed by atoms with Crippen molar-refractivity contribution in [2.24, 2.45) is 4.99 Å². The minimum Gasteiger partial charge on any atom is -0.494 e. The number of benzene rings is 1. The average molecular weight is 376 g/mol. The molecule has 0 bridgehead atoms. The molecule has 3 heterocycles. The number of rotatable bonds is 4. The van der Waals surface area contributed by atoms with Crippen LogP contribution in [0.1, 0.15) is 24.3 Å². The predicted octanol–water partition coefficient (Wildman–Crippen LogP) is 2.79. The van der Waals surface area contributed by atoms with Gasteiger partial charge in [-0.3, -0.25) is 19.7 Å². The smallest absolute Gasteiger partial charge is 0.257 e. The van der Waals surface area contributed by atoms with Crippen LogP contribution in [0.5, 0.6) is 5.75 Å². The maximum atomic E-state index is 12.6. The van der Waals surface area contributed by atoms with E-state index in [1.807, 2.05) is 43.3 Å². The second kappa shape index (κ2) is 7.51. The zero-order chi connectivity index (χ0) is 19.5. The number of pyridine rings is 1. The van der Waals surface area contributed by atoms with Crippen molar-refractivity contribution in [3.8, 4) is 5.75 Å². The first-order chi connectivity index (χ1) is 13.6. The van der Waals surface area contributed by atoms with Crippen LogP contribution in [-0.2, 0) is 0 Å². The molecule has 0 spiro atoms. The summed E-state index contributed by atoms with van der Waals surface area (Å²) < 4.78 is 7.00. The lowest BCUT2D eigenvalue weighted by Gasteiger charge is -2.27. The van der Waals surface area contributed by atoms with Gasteiger partial charge in [-0.2, -0.15) is 0 Å². The minimum absolute atomic E-state index is 0.166. The van der Waals surface area contributed by atoms with Gasteiger partial charge in [-0.25, -0.2) is 9.98 Å². The van der Waals surface area contributed by atoms with Crippen molar-refractivity contribution in [2.45, 2.75) is 20.0 Å². The van der Waals surface area contributed by atoms with E-state index in [9.17, 15) is 4.79 Å². The number of guanidine groups is 1. The summed E-state index contributed by atoms with van der Waals surface area (Å²) in [6.45, 7) is 4.35. The fourth-order valence-corrected chi connectivity index (χ4v) is 3.01. The van der Waals surface area contributed by atoms with Gasteiger partial charge < -0.3 is 10.1 Å². The Morgan fingerprint density at radius 3 is 2.64 bits per heavy atom. The Balaban J connectivity index is 1.70. The molecule has 3 aromatic rings. The van der Waals surface area contributed by atoms with E-state index in [0.717, 1.165) is 17.0 Å². The van der Waals surface area contributed by atoms with Gasteiger partial charge in [-0.1, -0.05) is 0 Å². The van der Waals surface area contributed by atoms with Gasteiger partial charge in [0.15, 0.2) is 6.17 Å². The molecular weight excluding hydrogens is 356 g/mol. The second-order valence-electron chi connectivity index (χ2n) is 6.27. The number of anilines is 2. The zero-order valence-electron chi connectivity index (χ0n) is 15.6. The van der Waals surface area contributed by atoms with Gasteiger partial charge >= 0.3 is 0 Å². The van der Waals surface area contributed by atoms with E-state index in [-0.39, 0.29) is 5.56 Å². The summed E-state index contributed by atoms with van der Waals surface area (Å²) >= 11 is 0. The molecule has 142 valence electrons. The lowest BCUT2D eigenvalue weighted by Crippen LogP contribution is -2.37. The summed E-state index contributed by atoms with van der Waals surface area (Å²) in [5, 5.41) is 6.35. The fourth-order valence-electron chi connectivity index (χ4n) is 3.01. The third kappa shape index (κ3) is 3.57. The number of nitrogens with one attached hydrogen (secondary N) is 2. The van der Waals surface area contributed by atoms with Crippen LogP contribution in [0.4, 0.5) is 11.6 Å². The van der Waals surface area contributed by atoms with Gasteiger partial charge in [-0.15, -0.1) is 0 Å². The predicted molar refractivity (Wildman–Crippen MR) is 108 cm³/mol. The molecule has 0 amide bonds. The molecule has 1 aromatic carbocycles. The van der Waals surface area contributed by atoms with Gasteiger partial charge in [0.25, 0.3) is 5.56 Å². The van der Waals surface area contributed by atoms with Crippen molar-refractivity contribution >= 4 is 17.6 Å². The largest absolute Gasteiger partial charge is 0.494 e. The molecule has 4 rings (SSSR count). The molecule has 28 heavy (non-hydrogen) atoms. The number of aryl methyl sites for hydroxylation is 1. The molecule has 0 saturated heterocycles. The maximum Gasteiger partial charge on any atom is 0.257 e. The Bertz CT molecular complexity index is 1060. The first-order valence-corrected chi connectivity index (χ1v) is 8.99. The van der Waals surface area contributed by atoms with Crippen molar-refractivity contribution < 1.29 is 4.74 Å². The van der Waals surface area contributed by atoms with Crippen molar-refractivity contribution in [3.05, 3.63) is 76.5 Å². The van der Waals surface area contributed by atoms with Gasteiger partial charge in [0.1, 0.15) is 5.75 Å². The summed E-state index contributed by atoms with van der Waals surface area (Å²) in [4.78, 5) is 25.8. The van der Waals surface area contributed by atoms with E-state index in [0.29, 0.717) is 24.2 Å². The second-order valence-corrected chi connectivity index (χ2v) is 6.27. The summed E-state index contributed by atoms with van der Waals surface area (Å²) in [6.07, 6.45) is 2.82. The lowest BCUT2D eigenvalue weighted by atomic mass is 10.2. The Kier molecular flexibility index (Phi) is 4.76. The van der Waals surface area contributed by atoms with Crippen LogP contribution in [0, 0.1) is 6.92 Å². The molecular formula is C20H20N6O2. The number of aliphatic imine (C=N–C) groups is 1.